The van der Waals surface area contributed by atoms with E-state index in [0.717, 1.165) is 44.4 Å². The summed E-state index contributed by atoms with van der Waals surface area (Å²) in [7, 11) is -2.81. The lowest BCUT2D eigenvalue weighted by Gasteiger charge is -2.30. The Hall–Kier alpha value is -0.820. The van der Waals surface area contributed by atoms with Crippen LogP contribution in [-0.2, 0) is 9.84 Å². The van der Waals surface area contributed by atoms with Crippen molar-refractivity contribution in [1.29, 1.82) is 0 Å². The van der Waals surface area contributed by atoms with Gasteiger partial charge in [0.25, 0.3) is 0 Å². The first kappa shape index (κ1) is 19.5. The van der Waals surface area contributed by atoms with Gasteiger partial charge in [-0.3, -0.25) is 4.99 Å². The Kier molecular flexibility index (Phi) is 7.81. The third kappa shape index (κ3) is 6.97. The molecule has 6 nitrogen and oxygen atoms in total. The maximum atomic E-state index is 11.5. The molecule has 7 heteroatoms. The number of hydrogen-bond acceptors (Lipinski definition) is 4. The van der Waals surface area contributed by atoms with Crippen LogP contribution in [0.5, 0.6) is 0 Å². The number of nitrogens with one attached hydrogen (secondary N) is 2. The molecule has 140 valence electrons. The zero-order valence-electron chi connectivity index (χ0n) is 15.3. The van der Waals surface area contributed by atoms with Gasteiger partial charge >= 0.3 is 0 Å². The van der Waals surface area contributed by atoms with E-state index in [2.05, 4.69) is 27.4 Å². The molecule has 2 rings (SSSR count). The van der Waals surface area contributed by atoms with E-state index in [1.165, 1.54) is 25.9 Å². The number of aliphatic imine (C=N–C) groups is 1. The molecular formula is C17H34N4O2S. The SMILES string of the molecule is CCNC(=NCC1CCS(=O)(=O)C1)NCCCN1CCC(C)CC1. The highest BCUT2D eigenvalue weighted by Gasteiger charge is 2.27. The fourth-order valence-electron chi connectivity index (χ4n) is 3.37. The number of rotatable bonds is 7. The Morgan fingerprint density at radius 3 is 2.58 bits per heavy atom. The zero-order valence-corrected chi connectivity index (χ0v) is 16.1. The molecule has 0 spiro atoms. The van der Waals surface area contributed by atoms with Crippen molar-refractivity contribution in [3.63, 3.8) is 0 Å². The van der Waals surface area contributed by atoms with Gasteiger partial charge in [-0.25, -0.2) is 8.42 Å². The zero-order chi connectivity index (χ0) is 17.4. The van der Waals surface area contributed by atoms with Crippen LogP contribution < -0.4 is 10.6 Å². The van der Waals surface area contributed by atoms with Gasteiger partial charge in [-0.1, -0.05) is 6.92 Å². The molecule has 2 heterocycles. The van der Waals surface area contributed by atoms with Gasteiger partial charge in [-0.2, -0.15) is 0 Å². The van der Waals surface area contributed by atoms with Crippen LogP contribution in [0.15, 0.2) is 4.99 Å². The molecular weight excluding hydrogens is 324 g/mol. The number of guanidine groups is 1. The van der Waals surface area contributed by atoms with E-state index in [1.54, 1.807) is 0 Å². The highest BCUT2D eigenvalue weighted by Crippen LogP contribution is 2.18. The van der Waals surface area contributed by atoms with Crippen LogP contribution >= 0.6 is 0 Å². The first-order valence-electron chi connectivity index (χ1n) is 9.43. The Bertz CT molecular complexity index is 499. The van der Waals surface area contributed by atoms with Gasteiger partial charge in [0, 0.05) is 19.6 Å². The fraction of sp³-hybridized carbons (Fsp3) is 0.941. The molecule has 0 bridgehead atoms. The summed E-state index contributed by atoms with van der Waals surface area (Å²) in [4.78, 5) is 7.12. The lowest BCUT2D eigenvalue weighted by atomic mass is 9.99. The van der Waals surface area contributed by atoms with E-state index in [4.69, 9.17) is 0 Å². The Morgan fingerprint density at radius 1 is 1.21 bits per heavy atom. The molecule has 2 saturated heterocycles. The smallest absolute Gasteiger partial charge is 0.191 e. The summed E-state index contributed by atoms with van der Waals surface area (Å²) >= 11 is 0. The van der Waals surface area contributed by atoms with Crippen molar-refractivity contribution in [2.45, 2.75) is 39.5 Å². The number of likely N-dealkylation sites (tertiary alicyclic amines) is 1. The summed E-state index contributed by atoms with van der Waals surface area (Å²) in [6, 6.07) is 0. The molecule has 2 aliphatic heterocycles. The highest BCUT2D eigenvalue weighted by atomic mass is 32.2. The third-order valence-electron chi connectivity index (χ3n) is 5.00. The number of nitrogens with zero attached hydrogens (tertiary/aromatic N) is 2. The van der Waals surface area contributed by atoms with Crippen LogP contribution in [0.3, 0.4) is 0 Å². The second-order valence-corrected chi connectivity index (χ2v) is 9.52. The minimum Gasteiger partial charge on any atom is -0.357 e. The lowest BCUT2D eigenvalue weighted by molar-refractivity contribution is 0.191. The van der Waals surface area contributed by atoms with E-state index in [9.17, 15) is 8.42 Å². The first-order valence-corrected chi connectivity index (χ1v) is 11.3. The van der Waals surface area contributed by atoms with Crippen LogP contribution in [0.25, 0.3) is 0 Å². The Labute approximate surface area is 147 Å². The molecule has 1 atom stereocenters. The molecule has 24 heavy (non-hydrogen) atoms. The molecule has 2 N–H and O–H groups in total. The van der Waals surface area contributed by atoms with Crippen molar-refractivity contribution >= 4 is 15.8 Å². The number of sulfone groups is 1. The first-order chi connectivity index (χ1) is 11.5. The van der Waals surface area contributed by atoms with Gasteiger partial charge in [0.2, 0.25) is 0 Å². The van der Waals surface area contributed by atoms with E-state index in [0.29, 0.717) is 18.1 Å². The number of hydrogen-bond donors (Lipinski definition) is 2. The predicted molar refractivity (Wildman–Crippen MR) is 100 cm³/mol. The normalized spacial score (nSPS) is 25.8. The van der Waals surface area contributed by atoms with Gasteiger partial charge in [0.15, 0.2) is 15.8 Å². The second kappa shape index (κ2) is 9.61. The van der Waals surface area contributed by atoms with Gasteiger partial charge in [0.1, 0.15) is 0 Å². The van der Waals surface area contributed by atoms with E-state index < -0.39 is 9.84 Å². The quantitative estimate of drug-likeness (QED) is 0.405. The van der Waals surface area contributed by atoms with E-state index >= 15 is 0 Å². The fourth-order valence-corrected chi connectivity index (χ4v) is 5.22. The lowest BCUT2D eigenvalue weighted by Crippen LogP contribution is -2.40. The van der Waals surface area contributed by atoms with Crippen molar-refractivity contribution in [2.24, 2.45) is 16.8 Å². The second-order valence-electron chi connectivity index (χ2n) is 7.29. The molecule has 0 aromatic carbocycles. The summed E-state index contributed by atoms with van der Waals surface area (Å²) in [6.07, 6.45) is 4.50. The van der Waals surface area contributed by atoms with Crippen LogP contribution in [0.4, 0.5) is 0 Å². The Morgan fingerprint density at radius 2 is 1.96 bits per heavy atom. The summed E-state index contributed by atoms with van der Waals surface area (Å²) in [6.45, 7) is 10.3. The van der Waals surface area contributed by atoms with Crippen molar-refractivity contribution in [3.05, 3.63) is 0 Å². The van der Waals surface area contributed by atoms with Gasteiger partial charge in [0.05, 0.1) is 11.5 Å². The van der Waals surface area contributed by atoms with Gasteiger partial charge in [-0.15, -0.1) is 0 Å². The standard InChI is InChI=1S/C17H34N4O2S/c1-3-18-17(20-13-16-7-12-24(22,23)14-16)19-8-4-9-21-10-5-15(2)6-11-21/h15-16H,3-14H2,1-2H3,(H2,18,19,20). The topological polar surface area (TPSA) is 73.8 Å². The Balaban J connectivity index is 1.66. The number of piperidine rings is 1. The molecule has 2 aliphatic rings. The summed E-state index contributed by atoms with van der Waals surface area (Å²) in [5, 5.41) is 6.62. The average Bonchev–Trinajstić information content (AvgIpc) is 2.90. The summed E-state index contributed by atoms with van der Waals surface area (Å²) in [5.41, 5.74) is 0. The third-order valence-corrected chi connectivity index (χ3v) is 6.84. The molecule has 0 aliphatic carbocycles. The maximum Gasteiger partial charge on any atom is 0.191 e. The summed E-state index contributed by atoms with van der Waals surface area (Å²) in [5.74, 6) is 2.50. The minimum atomic E-state index is -2.81. The molecule has 1 unspecified atom stereocenters. The molecule has 0 radical (unpaired) electrons. The minimum absolute atomic E-state index is 0.181. The van der Waals surface area contributed by atoms with Crippen LogP contribution in [0, 0.1) is 11.8 Å². The monoisotopic (exact) mass is 358 g/mol. The molecule has 0 aromatic heterocycles. The van der Waals surface area contributed by atoms with Crippen LogP contribution in [-0.4, -0.2) is 70.1 Å². The maximum absolute atomic E-state index is 11.5. The van der Waals surface area contributed by atoms with Crippen molar-refractivity contribution in [3.8, 4) is 0 Å². The molecule has 0 saturated carbocycles. The molecule has 2 fully saturated rings. The average molecular weight is 359 g/mol. The highest BCUT2D eigenvalue weighted by molar-refractivity contribution is 7.91. The largest absolute Gasteiger partial charge is 0.357 e. The molecule has 0 amide bonds. The van der Waals surface area contributed by atoms with E-state index in [1.807, 2.05) is 6.92 Å². The van der Waals surface area contributed by atoms with Gasteiger partial charge < -0.3 is 15.5 Å². The van der Waals surface area contributed by atoms with Crippen molar-refractivity contribution in [2.75, 3.05) is 50.8 Å². The van der Waals surface area contributed by atoms with E-state index in [-0.39, 0.29) is 5.92 Å². The summed E-state index contributed by atoms with van der Waals surface area (Å²) < 4.78 is 23.0. The van der Waals surface area contributed by atoms with Crippen LogP contribution in [0.2, 0.25) is 0 Å². The van der Waals surface area contributed by atoms with Gasteiger partial charge in [-0.05, 0) is 64.1 Å². The predicted octanol–water partition coefficient (Wildman–Crippen LogP) is 1.10. The van der Waals surface area contributed by atoms with Crippen molar-refractivity contribution in [1.82, 2.24) is 15.5 Å². The molecule has 0 aromatic rings. The van der Waals surface area contributed by atoms with Crippen LogP contribution in [0.1, 0.15) is 39.5 Å². The van der Waals surface area contributed by atoms with Crippen molar-refractivity contribution < 1.29 is 8.42 Å².